The summed E-state index contributed by atoms with van der Waals surface area (Å²) < 4.78 is 1.55. The summed E-state index contributed by atoms with van der Waals surface area (Å²) in [6.07, 6.45) is 1.19. The van der Waals surface area contributed by atoms with Gasteiger partial charge in [-0.3, -0.25) is 9.59 Å². The fraction of sp³-hybridized carbons (Fsp3) is 0.167. The zero-order chi connectivity index (χ0) is 16.3. The van der Waals surface area contributed by atoms with Crippen LogP contribution in [0.2, 0.25) is 0 Å². The number of carbonyl (C=O) groups is 2. The van der Waals surface area contributed by atoms with E-state index in [0.717, 1.165) is 20.7 Å². The Morgan fingerprint density at radius 3 is 2.91 bits per heavy atom. The molecule has 1 fully saturated rings. The third-order valence-electron chi connectivity index (χ3n) is 2.61. The second-order valence-electron chi connectivity index (χ2n) is 4.23. The van der Waals surface area contributed by atoms with Crippen LogP contribution in [0, 0.1) is 0 Å². The molecule has 116 valence electrons. The maximum absolute atomic E-state index is 11.5. The largest absolute Gasteiger partial charge is 0.481 e. The number of anilines is 1. The van der Waals surface area contributed by atoms with Crippen LogP contribution in [0.25, 0.3) is 0 Å². The van der Waals surface area contributed by atoms with Crippen LogP contribution >= 0.6 is 43.6 Å². The van der Waals surface area contributed by atoms with Gasteiger partial charge in [0.1, 0.15) is 5.25 Å². The maximum Gasteiger partial charge on any atom is 0.305 e. The van der Waals surface area contributed by atoms with Gasteiger partial charge in [-0.25, -0.2) is 0 Å². The van der Waals surface area contributed by atoms with E-state index in [1.54, 1.807) is 6.07 Å². The number of hydrogen-bond acceptors (Lipinski definition) is 6. The van der Waals surface area contributed by atoms with Crippen LogP contribution in [0.4, 0.5) is 5.69 Å². The maximum atomic E-state index is 11.5. The van der Waals surface area contributed by atoms with Crippen molar-refractivity contribution < 1.29 is 14.7 Å². The standard InChI is InChI=1S/C12H10Br2N4O3S/c13-6-1-5(10(15)7(14)2-6)4-16-18-12-17-11(21)8(22-12)3-9(19)20/h1-2,4,8H,3,15H2,(H,19,20)(H,17,18,21). The molecule has 1 saturated heterocycles. The number of carboxylic acids is 1. The monoisotopic (exact) mass is 448 g/mol. The summed E-state index contributed by atoms with van der Waals surface area (Å²) in [6.45, 7) is 0. The Morgan fingerprint density at radius 1 is 1.50 bits per heavy atom. The quantitative estimate of drug-likeness (QED) is 0.370. The third kappa shape index (κ3) is 4.31. The van der Waals surface area contributed by atoms with Crippen molar-refractivity contribution in [1.29, 1.82) is 0 Å². The highest BCUT2D eigenvalue weighted by Crippen LogP contribution is 2.27. The molecule has 0 aliphatic carbocycles. The molecule has 1 aliphatic rings. The molecule has 1 aliphatic heterocycles. The van der Waals surface area contributed by atoms with E-state index in [1.165, 1.54) is 6.21 Å². The Bertz CT molecular complexity index is 693. The van der Waals surface area contributed by atoms with Crippen molar-refractivity contribution in [3.05, 3.63) is 26.6 Å². The first-order chi connectivity index (χ1) is 10.4. The van der Waals surface area contributed by atoms with E-state index in [-0.39, 0.29) is 17.5 Å². The van der Waals surface area contributed by atoms with Gasteiger partial charge < -0.3 is 16.2 Å². The lowest BCUT2D eigenvalue weighted by atomic mass is 10.2. The Morgan fingerprint density at radius 2 is 2.23 bits per heavy atom. The highest BCUT2D eigenvalue weighted by atomic mass is 79.9. The van der Waals surface area contributed by atoms with Gasteiger partial charge in [0, 0.05) is 14.5 Å². The van der Waals surface area contributed by atoms with Crippen LogP contribution in [-0.2, 0) is 9.59 Å². The number of carbonyl (C=O) groups excluding carboxylic acids is 1. The molecule has 1 aromatic carbocycles. The zero-order valence-electron chi connectivity index (χ0n) is 10.9. The number of amidine groups is 1. The summed E-state index contributed by atoms with van der Waals surface area (Å²) in [4.78, 5) is 22.2. The number of carboxylic acid groups (broad SMARTS) is 1. The molecule has 1 amide bonds. The fourth-order valence-electron chi connectivity index (χ4n) is 1.60. The lowest BCUT2D eigenvalue weighted by Gasteiger charge is -2.03. The van der Waals surface area contributed by atoms with E-state index >= 15 is 0 Å². The van der Waals surface area contributed by atoms with Crippen molar-refractivity contribution in [1.82, 2.24) is 5.32 Å². The summed E-state index contributed by atoms with van der Waals surface area (Å²) in [7, 11) is 0. The minimum atomic E-state index is -1.04. The van der Waals surface area contributed by atoms with E-state index < -0.39 is 11.2 Å². The zero-order valence-corrected chi connectivity index (χ0v) is 14.9. The van der Waals surface area contributed by atoms with E-state index in [1.807, 2.05) is 6.07 Å². The first-order valence-corrected chi connectivity index (χ1v) is 8.38. The van der Waals surface area contributed by atoms with Crippen molar-refractivity contribution in [2.75, 3.05) is 5.73 Å². The third-order valence-corrected chi connectivity index (χ3v) is 4.79. The van der Waals surface area contributed by atoms with E-state index in [9.17, 15) is 9.59 Å². The van der Waals surface area contributed by atoms with Crippen LogP contribution in [-0.4, -0.2) is 33.6 Å². The SMILES string of the molecule is Nc1c(Br)cc(Br)cc1C=NN=C1NC(=O)C(CC(=O)O)S1. The molecular formula is C12H10Br2N4O3S. The Labute approximate surface area is 146 Å². The van der Waals surface area contributed by atoms with E-state index in [2.05, 4.69) is 47.4 Å². The molecule has 0 saturated carbocycles. The number of nitrogens with zero attached hydrogens (tertiary/aromatic N) is 2. The summed E-state index contributed by atoms with van der Waals surface area (Å²) in [6, 6.07) is 3.58. The van der Waals surface area contributed by atoms with Gasteiger partial charge in [0.2, 0.25) is 5.91 Å². The number of hydrogen-bond donors (Lipinski definition) is 3. The van der Waals surface area contributed by atoms with Crippen LogP contribution in [0.5, 0.6) is 0 Å². The second kappa shape index (κ2) is 7.25. The molecule has 1 unspecified atom stereocenters. The molecule has 10 heteroatoms. The molecule has 4 N–H and O–H groups in total. The van der Waals surface area contributed by atoms with E-state index in [4.69, 9.17) is 10.8 Å². The van der Waals surface area contributed by atoms with Crippen LogP contribution in [0.1, 0.15) is 12.0 Å². The molecule has 1 aromatic rings. The van der Waals surface area contributed by atoms with Crippen molar-refractivity contribution in [3.8, 4) is 0 Å². The number of halogens is 2. The number of amides is 1. The first-order valence-electron chi connectivity index (χ1n) is 5.91. The van der Waals surface area contributed by atoms with Crippen molar-refractivity contribution in [2.24, 2.45) is 10.2 Å². The van der Waals surface area contributed by atoms with Crippen molar-refractivity contribution >= 4 is 72.6 Å². The molecule has 1 heterocycles. The summed E-state index contributed by atoms with van der Waals surface area (Å²) in [5, 5.41) is 18.5. The van der Waals surface area contributed by atoms with Gasteiger partial charge in [-0.05, 0) is 28.1 Å². The van der Waals surface area contributed by atoms with Crippen LogP contribution < -0.4 is 11.1 Å². The van der Waals surface area contributed by atoms with Crippen molar-refractivity contribution in [3.63, 3.8) is 0 Å². The number of aliphatic carboxylic acids is 1. The molecule has 22 heavy (non-hydrogen) atoms. The Hall–Kier alpha value is -1.39. The number of nitrogens with one attached hydrogen (secondary N) is 1. The predicted octanol–water partition coefficient (Wildman–Crippen LogP) is 2.19. The number of nitrogens with two attached hydrogens (primary N) is 1. The normalized spacial score (nSPS) is 19.8. The molecule has 7 nitrogen and oxygen atoms in total. The molecular weight excluding hydrogens is 440 g/mol. The number of rotatable bonds is 4. The van der Waals surface area contributed by atoms with Gasteiger partial charge in [-0.15, -0.1) is 5.10 Å². The molecule has 0 radical (unpaired) electrons. The van der Waals surface area contributed by atoms with Gasteiger partial charge in [0.15, 0.2) is 5.17 Å². The second-order valence-corrected chi connectivity index (χ2v) is 7.20. The van der Waals surface area contributed by atoms with Crippen molar-refractivity contribution in [2.45, 2.75) is 11.7 Å². The lowest BCUT2D eigenvalue weighted by molar-refractivity contribution is -0.138. The van der Waals surface area contributed by atoms with Gasteiger partial charge in [-0.2, -0.15) is 5.10 Å². The molecule has 0 aromatic heterocycles. The number of nitrogen functional groups attached to an aromatic ring is 1. The molecule has 1 atom stereocenters. The molecule has 0 bridgehead atoms. The molecule has 0 spiro atoms. The lowest BCUT2D eigenvalue weighted by Crippen LogP contribution is -2.26. The minimum Gasteiger partial charge on any atom is -0.481 e. The smallest absolute Gasteiger partial charge is 0.305 e. The average Bonchev–Trinajstić information content (AvgIpc) is 2.75. The average molecular weight is 450 g/mol. The van der Waals surface area contributed by atoms with Gasteiger partial charge in [0.25, 0.3) is 0 Å². The van der Waals surface area contributed by atoms with Crippen LogP contribution in [0.15, 0.2) is 31.3 Å². The van der Waals surface area contributed by atoms with Gasteiger partial charge in [-0.1, -0.05) is 27.7 Å². The number of benzene rings is 1. The predicted molar refractivity (Wildman–Crippen MR) is 93.1 cm³/mol. The Kier molecular flexibility index (Phi) is 5.59. The van der Waals surface area contributed by atoms with Gasteiger partial charge in [0.05, 0.1) is 18.3 Å². The summed E-state index contributed by atoms with van der Waals surface area (Å²) in [5.41, 5.74) is 7.06. The topological polar surface area (TPSA) is 117 Å². The highest BCUT2D eigenvalue weighted by Gasteiger charge is 2.32. The highest BCUT2D eigenvalue weighted by molar-refractivity contribution is 9.11. The summed E-state index contributed by atoms with van der Waals surface area (Å²) in [5.74, 6) is -1.42. The fourth-order valence-corrected chi connectivity index (χ4v) is 3.77. The minimum absolute atomic E-state index is 0.259. The Balaban J connectivity index is 2.09. The summed E-state index contributed by atoms with van der Waals surface area (Å²) >= 11 is 7.71. The molecule has 2 rings (SSSR count). The van der Waals surface area contributed by atoms with Crippen LogP contribution in [0.3, 0.4) is 0 Å². The number of thioether (sulfide) groups is 1. The van der Waals surface area contributed by atoms with E-state index in [0.29, 0.717) is 11.3 Å². The first kappa shape index (κ1) is 17.0. The van der Waals surface area contributed by atoms with Gasteiger partial charge >= 0.3 is 5.97 Å².